The lowest BCUT2D eigenvalue weighted by atomic mass is 10.0. The van der Waals surface area contributed by atoms with Crippen molar-refractivity contribution in [1.29, 1.82) is 0 Å². The number of hydrogen-bond donors (Lipinski definition) is 0. The average Bonchev–Trinajstić information content (AvgIpc) is 2.61. The van der Waals surface area contributed by atoms with E-state index in [0.29, 0.717) is 34.2 Å². The van der Waals surface area contributed by atoms with E-state index in [1.165, 1.54) is 6.92 Å². The van der Waals surface area contributed by atoms with E-state index in [9.17, 15) is 9.18 Å². The number of carbonyl (C=O) groups is 1. The zero-order valence-corrected chi connectivity index (χ0v) is 17.6. The fraction of sp³-hybridized carbons (Fsp3) is 0.391. The van der Waals surface area contributed by atoms with Gasteiger partial charge in [0.1, 0.15) is 17.3 Å². The summed E-state index contributed by atoms with van der Waals surface area (Å²) in [7, 11) is 1.90. The van der Waals surface area contributed by atoms with Crippen molar-refractivity contribution in [2.45, 2.75) is 48.0 Å². The predicted molar refractivity (Wildman–Crippen MR) is 113 cm³/mol. The number of nitrogens with zero attached hydrogens (tertiary/aromatic N) is 2. The zero-order chi connectivity index (χ0) is 20.7. The molecule has 0 atom stereocenters. The molecule has 1 aromatic rings. The van der Waals surface area contributed by atoms with Crippen molar-refractivity contribution in [3.63, 3.8) is 0 Å². The first-order valence-electron chi connectivity index (χ1n) is 9.40. The highest BCUT2D eigenvalue weighted by molar-refractivity contribution is 6.44. The van der Waals surface area contributed by atoms with Crippen LogP contribution in [0.1, 0.15) is 52.2 Å². The van der Waals surface area contributed by atoms with Gasteiger partial charge in [0.15, 0.2) is 5.78 Å². The van der Waals surface area contributed by atoms with Crippen molar-refractivity contribution in [3.05, 3.63) is 65.4 Å². The molecule has 3 nitrogen and oxygen atoms in total. The molecule has 0 bridgehead atoms. The molecule has 0 saturated heterocycles. The van der Waals surface area contributed by atoms with Gasteiger partial charge in [0.25, 0.3) is 0 Å². The van der Waals surface area contributed by atoms with Crippen molar-refractivity contribution in [1.82, 2.24) is 4.90 Å². The Morgan fingerprint density at radius 2 is 1.96 bits per heavy atom. The van der Waals surface area contributed by atoms with Gasteiger partial charge in [-0.3, -0.25) is 4.79 Å². The minimum Gasteiger partial charge on any atom is -0.333 e. The van der Waals surface area contributed by atoms with E-state index < -0.39 is 0 Å². The molecule has 1 aromatic carbocycles. The molecule has 1 aliphatic rings. The molecule has 1 aliphatic heterocycles. The first-order valence-corrected chi connectivity index (χ1v) is 9.40. The summed E-state index contributed by atoms with van der Waals surface area (Å²) >= 11 is 0. The van der Waals surface area contributed by atoms with E-state index in [2.05, 4.69) is 25.4 Å². The summed E-state index contributed by atoms with van der Waals surface area (Å²) in [6, 6.07) is 5.23. The third-order valence-electron chi connectivity index (χ3n) is 4.13. The minimum atomic E-state index is -0.281. The number of aryl methyl sites for hydroxylation is 1. The fourth-order valence-electron chi connectivity index (χ4n) is 2.69. The molecule has 0 spiro atoms. The Bertz CT molecular complexity index is 801. The van der Waals surface area contributed by atoms with Crippen LogP contribution in [0.2, 0.25) is 0 Å². The van der Waals surface area contributed by atoms with Crippen LogP contribution < -0.4 is 0 Å². The Labute approximate surface area is 163 Å². The molecular weight excluding hydrogens is 339 g/mol. The van der Waals surface area contributed by atoms with Crippen LogP contribution >= 0.6 is 0 Å². The summed E-state index contributed by atoms with van der Waals surface area (Å²) in [6.07, 6.45) is 4.38. The normalized spacial score (nSPS) is 15.1. The largest absolute Gasteiger partial charge is 0.333 e. The van der Waals surface area contributed by atoms with E-state index in [-0.39, 0.29) is 11.6 Å². The third kappa shape index (κ3) is 5.75. The van der Waals surface area contributed by atoms with Crippen LogP contribution in [0.25, 0.3) is 5.57 Å². The summed E-state index contributed by atoms with van der Waals surface area (Å²) in [5, 5.41) is 0. The quantitative estimate of drug-likeness (QED) is 0.644. The Morgan fingerprint density at radius 3 is 2.52 bits per heavy atom. The minimum absolute atomic E-state index is 0.0902. The van der Waals surface area contributed by atoms with Crippen molar-refractivity contribution in [2.24, 2.45) is 10.9 Å². The van der Waals surface area contributed by atoms with Gasteiger partial charge in [-0.25, -0.2) is 9.38 Å². The second-order valence-corrected chi connectivity index (χ2v) is 6.81. The Kier molecular flexibility index (Phi) is 8.35. The van der Waals surface area contributed by atoms with E-state index in [1.807, 2.05) is 31.9 Å². The molecule has 0 aromatic heterocycles. The Morgan fingerprint density at radius 1 is 1.33 bits per heavy atom. The number of ketones is 1. The molecule has 146 valence electrons. The van der Waals surface area contributed by atoms with Crippen molar-refractivity contribution in [3.8, 4) is 0 Å². The zero-order valence-electron chi connectivity index (χ0n) is 17.6. The molecule has 0 N–H and O–H groups in total. The fourth-order valence-corrected chi connectivity index (χ4v) is 2.69. The second kappa shape index (κ2) is 10.0. The summed E-state index contributed by atoms with van der Waals surface area (Å²) in [5.41, 5.74) is 2.97. The number of hydrogen-bond acceptors (Lipinski definition) is 3. The number of aliphatic imine (C=N–C) groups is 1. The van der Waals surface area contributed by atoms with Crippen LogP contribution in [0, 0.1) is 18.7 Å². The smallest absolute Gasteiger partial charge is 0.178 e. The van der Waals surface area contributed by atoms with Gasteiger partial charge < -0.3 is 4.90 Å². The number of benzene rings is 1. The lowest BCUT2D eigenvalue weighted by molar-refractivity contribution is -0.111. The Hall–Kier alpha value is -2.49. The van der Waals surface area contributed by atoms with E-state index >= 15 is 0 Å². The van der Waals surface area contributed by atoms with Gasteiger partial charge in [0.2, 0.25) is 0 Å². The average molecular weight is 371 g/mol. The lowest BCUT2D eigenvalue weighted by Gasteiger charge is -2.28. The van der Waals surface area contributed by atoms with Gasteiger partial charge in [-0.2, -0.15) is 0 Å². The van der Waals surface area contributed by atoms with E-state index in [0.717, 1.165) is 12.1 Å². The summed E-state index contributed by atoms with van der Waals surface area (Å²) < 4.78 is 14.4. The molecule has 0 aliphatic carbocycles. The number of rotatable bonds is 5. The highest BCUT2D eigenvalue weighted by atomic mass is 19.1. The standard InChI is InChI=1S/C21H25FN2O.C2H6/c1-13(2)10-17-12-19(16(5)25)23-20(24(17)6)11-15(4)18-9-7-8-14(3)21(18)22;1-2/h7-9,11-13H,4,10H2,1-3,5-6H3;1-2H3/b20-11-;. The third-order valence-corrected chi connectivity index (χ3v) is 4.13. The van der Waals surface area contributed by atoms with Crippen LogP contribution in [0.3, 0.4) is 0 Å². The van der Waals surface area contributed by atoms with Crippen LogP contribution in [-0.2, 0) is 4.79 Å². The van der Waals surface area contributed by atoms with Crippen LogP contribution in [-0.4, -0.2) is 23.4 Å². The first-order chi connectivity index (χ1) is 12.7. The predicted octanol–water partition coefficient (Wildman–Crippen LogP) is 5.92. The summed E-state index contributed by atoms with van der Waals surface area (Å²) in [6.45, 7) is 15.5. The first kappa shape index (κ1) is 22.6. The van der Waals surface area contributed by atoms with Crippen molar-refractivity contribution >= 4 is 17.1 Å². The highest BCUT2D eigenvalue weighted by Gasteiger charge is 2.20. The maximum Gasteiger partial charge on any atom is 0.178 e. The number of Topliss-reactive ketones (excluding diaryl/α,β-unsaturated/α-hetero) is 1. The van der Waals surface area contributed by atoms with E-state index in [4.69, 9.17) is 0 Å². The number of allylic oxidation sites excluding steroid dienone is 4. The van der Waals surface area contributed by atoms with E-state index in [1.54, 1.807) is 31.2 Å². The van der Waals surface area contributed by atoms with Gasteiger partial charge in [0, 0.05) is 25.2 Å². The molecule has 0 saturated carbocycles. The molecule has 0 unspecified atom stereocenters. The lowest BCUT2D eigenvalue weighted by Crippen LogP contribution is -2.25. The second-order valence-electron chi connectivity index (χ2n) is 6.81. The molecule has 1 heterocycles. The molecule has 2 rings (SSSR count). The van der Waals surface area contributed by atoms with Gasteiger partial charge in [-0.1, -0.05) is 52.5 Å². The molecule has 0 radical (unpaired) electrons. The molecule has 27 heavy (non-hydrogen) atoms. The summed E-state index contributed by atoms with van der Waals surface area (Å²) in [4.78, 5) is 18.2. The van der Waals surface area contributed by atoms with Crippen molar-refractivity contribution in [2.75, 3.05) is 7.05 Å². The van der Waals surface area contributed by atoms with Gasteiger partial charge in [-0.05, 0) is 42.6 Å². The topological polar surface area (TPSA) is 32.7 Å². The van der Waals surface area contributed by atoms with Crippen molar-refractivity contribution < 1.29 is 9.18 Å². The molecule has 0 amide bonds. The SMILES string of the molecule is C=C(/C=C1/N=C(C(C)=O)C=C(CC(C)C)N1C)c1cccc(C)c1F.CC. The summed E-state index contributed by atoms with van der Waals surface area (Å²) in [5.74, 6) is 0.664. The Balaban J connectivity index is 0.00000176. The molecule has 4 heteroatoms. The number of halogens is 1. The van der Waals surface area contributed by atoms with Crippen LogP contribution in [0.5, 0.6) is 0 Å². The number of carbonyl (C=O) groups excluding carboxylic acids is 1. The van der Waals surface area contributed by atoms with Gasteiger partial charge in [0.05, 0.1) is 0 Å². The maximum atomic E-state index is 14.4. The van der Waals surface area contributed by atoms with Crippen LogP contribution in [0.15, 0.2) is 53.4 Å². The van der Waals surface area contributed by atoms with Crippen LogP contribution in [0.4, 0.5) is 4.39 Å². The molecule has 0 fully saturated rings. The molecular formula is C23H31FN2O. The maximum absolute atomic E-state index is 14.4. The van der Waals surface area contributed by atoms with Gasteiger partial charge in [-0.15, -0.1) is 0 Å². The highest BCUT2D eigenvalue weighted by Crippen LogP contribution is 2.27. The monoisotopic (exact) mass is 370 g/mol. The van der Waals surface area contributed by atoms with Gasteiger partial charge >= 0.3 is 0 Å².